The number of fused-ring (bicyclic) bond motifs is 1. The number of anilines is 1. The molecule has 9 heteroatoms. The summed E-state index contributed by atoms with van der Waals surface area (Å²) in [5.74, 6) is 2.00. The third-order valence-electron chi connectivity index (χ3n) is 7.89. The number of hydrogen-bond donors (Lipinski definition) is 0. The molecule has 1 atom stereocenters. The summed E-state index contributed by atoms with van der Waals surface area (Å²) in [4.78, 5) is 31.1. The van der Waals surface area contributed by atoms with E-state index in [2.05, 4.69) is 0 Å². The van der Waals surface area contributed by atoms with Crippen LogP contribution in [-0.4, -0.2) is 66.1 Å². The Labute approximate surface area is 250 Å². The van der Waals surface area contributed by atoms with Crippen LogP contribution < -0.4 is 14.4 Å². The number of nitrogens with zero attached hydrogens (tertiary/aromatic N) is 4. The lowest BCUT2D eigenvalue weighted by Gasteiger charge is -2.25. The number of amides is 2. The first-order valence-corrected chi connectivity index (χ1v) is 15.2. The van der Waals surface area contributed by atoms with Gasteiger partial charge in [0.1, 0.15) is 23.9 Å². The van der Waals surface area contributed by atoms with Gasteiger partial charge in [0.25, 0.3) is 0 Å². The molecule has 0 spiro atoms. The van der Waals surface area contributed by atoms with Gasteiger partial charge < -0.3 is 14.4 Å². The van der Waals surface area contributed by atoms with Gasteiger partial charge in [-0.1, -0.05) is 48.0 Å². The third-order valence-corrected chi connectivity index (χ3v) is 9.12. The Kier molecular flexibility index (Phi) is 7.93. The van der Waals surface area contributed by atoms with Crippen molar-refractivity contribution in [3.8, 4) is 28.4 Å². The van der Waals surface area contributed by atoms with E-state index in [-0.39, 0.29) is 29.4 Å². The maximum atomic E-state index is 14.0. The number of benzene rings is 3. The van der Waals surface area contributed by atoms with Crippen LogP contribution in [0.5, 0.6) is 11.5 Å². The van der Waals surface area contributed by atoms with Crippen LogP contribution in [0.15, 0.2) is 72.8 Å². The summed E-state index contributed by atoms with van der Waals surface area (Å²) in [5.41, 5.74) is 5.34. The highest BCUT2D eigenvalue weighted by atomic mass is 32.2. The van der Waals surface area contributed by atoms with Crippen LogP contribution in [0, 0.1) is 6.92 Å². The Balaban J connectivity index is 1.63. The molecule has 0 bridgehead atoms. The number of likely N-dealkylation sites (tertiary alicyclic amines) is 1. The molecule has 6 rings (SSSR count). The second-order valence-electron chi connectivity index (χ2n) is 10.6. The van der Waals surface area contributed by atoms with Gasteiger partial charge in [-0.15, -0.1) is 11.8 Å². The molecule has 0 N–H and O–H groups in total. The first-order valence-electron chi connectivity index (χ1n) is 14.2. The Morgan fingerprint density at radius 2 is 1.71 bits per heavy atom. The summed E-state index contributed by atoms with van der Waals surface area (Å²) in [6.45, 7) is 3.44. The van der Waals surface area contributed by atoms with Crippen LogP contribution in [-0.2, 0) is 9.59 Å². The van der Waals surface area contributed by atoms with Crippen molar-refractivity contribution in [2.24, 2.45) is 0 Å². The van der Waals surface area contributed by atoms with E-state index in [1.165, 1.54) is 11.8 Å². The average Bonchev–Trinajstić information content (AvgIpc) is 3.67. The number of carbonyl (C=O) groups excluding carboxylic acids is 2. The molecule has 1 fully saturated rings. The lowest BCUT2D eigenvalue weighted by molar-refractivity contribution is -0.130. The number of methoxy groups -OCH3 is 2. The molecule has 2 amide bonds. The van der Waals surface area contributed by atoms with Crippen LogP contribution in [0.4, 0.5) is 5.82 Å². The van der Waals surface area contributed by atoms with E-state index in [0.717, 1.165) is 59.6 Å². The fraction of sp³-hybridized carbons (Fsp3) is 0.303. The zero-order valence-electron chi connectivity index (χ0n) is 24.1. The highest BCUT2D eigenvalue weighted by Gasteiger charge is 2.39. The fourth-order valence-electron chi connectivity index (χ4n) is 5.69. The highest BCUT2D eigenvalue weighted by Crippen LogP contribution is 2.51. The van der Waals surface area contributed by atoms with Gasteiger partial charge in [-0.3, -0.25) is 14.5 Å². The van der Waals surface area contributed by atoms with Gasteiger partial charge >= 0.3 is 0 Å². The maximum Gasteiger partial charge on any atom is 0.242 e. The summed E-state index contributed by atoms with van der Waals surface area (Å²) >= 11 is 1.51. The monoisotopic (exact) mass is 582 g/mol. The molecule has 4 aromatic rings. The van der Waals surface area contributed by atoms with Gasteiger partial charge in [0.05, 0.1) is 36.6 Å². The minimum atomic E-state index is -0.324. The summed E-state index contributed by atoms with van der Waals surface area (Å²) < 4.78 is 13.3. The first kappa shape index (κ1) is 27.9. The van der Waals surface area contributed by atoms with Crippen molar-refractivity contribution in [3.05, 3.63) is 89.5 Å². The lowest BCUT2D eigenvalue weighted by Crippen LogP contribution is -2.43. The Morgan fingerprint density at radius 1 is 0.976 bits per heavy atom. The summed E-state index contributed by atoms with van der Waals surface area (Å²) in [7, 11) is 3.28. The second-order valence-corrected chi connectivity index (χ2v) is 11.7. The van der Waals surface area contributed by atoms with Crippen molar-refractivity contribution in [1.82, 2.24) is 14.7 Å². The molecule has 0 aliphatic carbocycles. The van der Waals surface area contributed by atoms with Crippen LogP contribution in [0.1, 0.15) is 34.8 Å². The first-order chi connectivity index (χ1) is 20.5. The van der Waals surface area contributed by atoms with Crippen molar-refractivity contribution in [1.29, 1.82) is 0 Å². The van der Waals surface area contributed by atoms with E-state index < -0.39 is 0 Å². The largest absolute Gasteiger partial charge is 0.497 e. The summed E-state index contributed by atoms with van der Waals surface area (Å²) in [6, 6.07) is 23.8. The molecular weight excluding hydrogens is 548 g/mol. The van der Waals surface area contributed by atoms with Gasteiger partial charge in [-0.2, -0.15) is 5.10 Å². The van der Waals surface area contributed by atoms with E-state index in [1.807, 2.05) is 89.3 Å². The van der Waals surface area contributed by atoms with Gasteiger partial charge in [0, 0.05) is 29.8 Å². The SMILES string of the molecule is COc1ccc(OC)c([C@H]2SCC(=O)N(CC(=O)N3CCCC3)c3c2c(-c2ccccc2)nn3-c2ccc(C)cc2)c1. The molecule has 1 saturated heterocycles. The zero-order chi connectivity index (χ0) is 29.2. The van der Waals surface area contributed by atoms with Crippen molar-refractivity contribution < 1.29 is 19.1 Å². The summed E-state index contributed by atoms with van der Waals surface area (Å²) in [5, 5.41) is 4.86. The molecule has 0 unspecified atom stereocenters. The predicted molar refractivity (Wildman–Crippen MR) is 166 cm³/mol. The smallest absolute Gasteiger partial charge is 0.242 e. The molecule has 42 heavy (non-hydrogen) atoms. The Bertz CT molecular complexity index is 1600. The van der Waals surface area contributed by atoms with E-state index in [0.29, 0.717) is 17.3 Å². The minimum Gasteiger partial charge on any atom is -0.497 e. The van der Waals surface area contributed by atoms with Crippen LogP contribution >= 0.6 is 11.8 Å². The van der Waals surface area contributed by atoms with Gasteiger partial charge in [0.15, 0.2) is 0 Å². The molecule has 3 aromatic carbocycles. The molecule has 0 radical (unpaired) electrons. The number of carbonyl (C=O) groups is 2. The predicted octanol–water partition coefficient (Wildman–Crippen LogP) is 5.66. The second kappa shape index (κ2) is 11.9. The van der Waals surface area contributed by atoms with Crippen molar-refractivity contribution in [2.45, 2.75) is 25.0 Å². The lowest BCUT2D eigenvalue weighted by atomic mass is 9.98. The summed E-state index contributed by atoms with van der Waals surface area (Å²) in [6.07, 6.45) is 1.97. The van der Waals surface area contributed by atoms with Crippen molar-refractivity contribution in [2.75, 3.05) is 44.5 Å². The molecule has 8 nitrogen and oxygen atoms in total. The number of ether oxygens (including phenoxy) is 2. The standard InChI is InChI=1S/C33H34N4O4S/c1-22-11-13-24(14-12-22)37-33-30(31(34-37)23-9-5-4-6-10-23)32(26-19-25(40-2)15-16-27(26)41-3)42-21-29(39)36(33)20-28(38)35-17-7-8-18-35/h4-6,9-16,19,32H,7-8,17-18,20-21H2,1-3H3/t32-/m1/s1. The fourth-order valence-corrected chi connectivity index (χ4v) is 6.90. The molecule has 3 heterocycles. The Morgan fingerprint density at radius 3 is 2.40 bits per heavy atom. The third kappa shape index (κ3) is 5.25. The van der Waals surface area contributed by atoms with Crippen LogP contribution in [0.3, 0.4) is 0 Å². The Hall–Kier alpha value is -4.24. The van der Waals surface area contributed by atoms with Gasteiger partial charge in [-0.25, -0.2) is 4.68 Å². The number of thioether (sulfide) groups is 1. The molecule has 216 valence electrons. The van der Waals surface area contributed by atoms with Crippen molar-refractivity contribution >= 4 is 29.4 Å². The molecule has 1 aromatic heterocycles. The molecular formula is C33H34N4O4S. The average molecular weight is 583 g/mol. The van der Waals surface area contributed by atoms with Gasteiger partial charge in [0.2, 0.25) is 11.8 Å². The van der Waals surface area contributed by atoms with E-state index in [1.54, 1.807) is 19.1 Å². The quantitative estimate of drug-likeness (QED) is 0.280. The normalized spacial score (nSPS) is 16.7. The number of aromatic nitrogens is 2. The molecule has 2 aliphatic rings. The van der Waals surface area contributed by atoms with E-state index in [9.17, 15) is 9.59 Å². The minimum absolute atomic E-state index is 0.0415. The number of aryl methyl sites for hydroxylation is 1. The van der Waals surface area contributed by atoms with E-state index >= 15 is 0 Å². The molecule has 2 aliphatic heterocycles. The molecule has 0 saturated carbocycles. The van der Waals surface area contributed by atoms with Crippen molar-refractivity contribution in [3.63, 3.8) is 0 Å². The topological polar surface area (TPSA) is 76.9 Å². The van der Waals surface area contributed by atoms with Crippen LogP contribution in [0.25, 0.3) is 16.9 Å². The highest BCUT2D eigenvalue weighted by molar-refractivity contribution is 8.00. The maximum absolute atomic E-state index is 14.0. The number of hydrogen-bond acceptors (Lipinski definition) is 6. The zero-order valence-corrected chi connectivity index (χ0v) is 24.9. The van der Waals surface area contributed by atoms with Gasteiger partial charge in [-0.05, 0) is 50.1 Å². The van der Waals surface area contributed by atoms with Crippen LogP contribution in [0.2, 0.25) is 0 Å². The van der Waals surface area contributed by atoms with E-state index in [4.69, 9.17) is 14.6 Å². The number of rotatable bonds is 7.